The highest BCUT2D eigenvalue weighted by atomic mass is 32.2. The summed E-state index contributed by atoms with van der Waals surface area (Å²) in [6.45, 7) is 0. The molecular formula is C16H14F3N3O5S. The van der Waals surface area contributed by atoms with E-state index in [1.54, 1.807) is 6.07 Å². The van der Waals surface area contributed by atoms with Crippen LogP contribution in [0.5, 0.6) is 5.75 Å². The number of nitro benzene ring substituents is 1. The molecule has 2 aromatic carbocycles. The topological polar surface area (TPSA) is 125 Å². The molecule has 3 N–H and O–H groups in total. The first kappa shape index (κ1) is 19.7. The molecule has 12 heteroatoms. The van der Waals surface area contributed by atoms with Crippen molar-refractivity contribution in [1.29, 1.82) is 0 Å². The van der Waals surface area contributed by atoms with Gasteiger partial charge in [0.1, 0.15) is 0 Å². The lowest BCUT2D eigenvalue weighted by atomic mass is 10.0. The summed E-state index contributed by atoms with van der Waals surface area (Å²) < 4.78 is 69.2. The molecule has 150 valence electrons. The third kappa shape index (κ3) is 4.11. The maximum absolute atomic E-state index is 12.7. The van der Waals surface area contributed by atoms with Gasteiger partial charge in [-0.25, -0.2) is 8.42 Å². The second-order valence-corrected chi connectivity index (χ2v) is 7.78. The summed E-state index contributed by atoms with van der Waals surface area (Å²) in [6, 6.07) is 7.86. The van der Waals surface area contributed by atoms with Crippen molar-refractivity contribution in [3.05, 3.63) is 52.1 Å². The Bertz CT molecular complexity index is 1020. The third-order valence-electron chi connectivity index (χ3n) is 4.04. The number of nitrogens with zero attached hydrogens (tertiary/aromatic N) is 1. The molecule has 0 radical (unpaired) electrons. The molecule has 3 rings (SSSR count). The Morgan fingerprint density at radius 1 is 1.21 bits per heavy atom. The highest BCUT2D eigenvalue weighted by Crippen LogP contribution is 2.52. The van der Waals surface area contributed by atoms with Gasteiger partial charge in [0.25, 0.3) is 10.0 Å². The van der Waals surface area contributed by atoms with Crippen molar-refractivity contribution in [1.82, 2.24) is 0 Å². The van der Waals surface area contributed by atoms with Crippen molar-refractivity contribution in [2.24, 2.45) is 0 Å². The maximum atomic E-state index is 12.7. The molecule has 0 aliphatic heterocycles. The fourth-order valence-corrected chi connectivity index (χ4v) is 3.84. The van der Waals surface area contributed by atoms with Crippen molar-refractivity contribution >= 4 is 27.1 Å². The summed E-state index contributed by atoms with van der Waals surface area (Å²) >= 11 is 0. The molecule has 0 bridgehead atoms. The molecule has 0 atom stereocenters. The number of benzene rings is 2. The van der Waals surface area contributed by atoms with Crippen LogP contribution >= 0.6 is 0 Å². The first-order chi connectivity index (χ1) is 13.0. The van der Waals surface area contributed by atoms with Gasteiger partial charge in [0.2, 0.25) is 5.75 Å². The van der Waals surface area contributed by atoms with E-state index >= 15 is 0 Å². The number of ether oxygens (including phenoxy) is 1. The van der Waals surface area contributed by atoms with Gasteiger partial charge < -0.3 is 10.5 Å². The number of hydrogen-bond donors (Lipinski definition) is 2. The summed E-state index contributed by atoms with van der Waals surface area (Å²) in [5.41, 5.74) is 3.86. The molecule has 1 saturated carbocycles. The standard InChI is InChI=1S/C16H14F3N3O5S/c17-16(18,19)27-15-12(22(23)24)8-11(13(14(15)20)9-6-7-9)21-28(25,26)10-4-2-1-3-5-10/h1-5,8-9,21H,6-7,20H2. The molecule has 8 nitrogen and oxygen atoms in total. The molecule has 0 spiro atoms. The number of alkyl halides is 3. The minimum absolute atomic E-state index is 0.0457. The van der Waals surface area contributed by atoms with Crippen LogP contribution in [0.1, 0.15) is 24.3 Å². The summed E-state index contributed by atoms with van der Waals surface area (Å²) in [7, 11) is -4.14. The molecule has 1 aliphatic rings. The third-order valence-corrected chi connectivity index (χ3v) is 5.42. The molecule has 0 saturated heterocycles. The molecule has 0 aromatic heterocycles. The van der Waals surface area contributed by atoms with E-state index in [-0.39, 0.29) is 22.1 Å². The molecule has 0 amide bonds. The molecule has 1 aliphatic carbocycles. The summed E-state index contributed by atoms with van der Waals surface area (Å²) in [5.74, 6) is -1.48. The first-order valence-electron chi connectivity index (χ1n) is 7.94. The lowest BCUT2D eigenvalue weighted by Crippen LogP contribution is -2.20. The number of nitrogen functional groups attached to an aromatic ring is 1. The van der Waals surface area contributed by atoms with Crippen LogP contribution in [-0.2, 0) is 10.0 Å². The van der Waals surface area contributed by atoms with Crippen LogP contribution in [0.25, 0.3) is 0 Å². The zero-order valence-corrected chi connectivity index (χ0v) is 14.9. The zero-order valence-electron chi connectivity index (χ0n) is 14.1. The van der Waals surface area contributed by atoms with Crippen LogP contribution in [0.4, 0.5) is 30.2 Å². The number of nitro groups is 1. The van der Waals surface area contributed by atoms with Crippen LogP contribution in [0, 0.1) is 10.1 Å². The zero-order chi connectivity index (χ0) is 20.7. The van der Waals surface area contributed by atoms with Crippen LogP contribution in [0.2, 0.25) is 0 Å². The van der Waals surface area contributed by atoms with Crippen molar-refractivity contribution in [3.63, 3.8) is 0 Å². The number of hydrogen-bond acceptors (Lipinski definition) is 6. The minimum Gasteiger partial charge on any atom is -0.396 e. The van der Waals surface area contributed by atoms with E-state index in [0.717, 1.165) is 0 Å². The molecule has 28 heavy (non-hydrogen) atoms. The Kier molecular flexibility index (Phi) is 4.83. The van der Waals surface area contributed by atoms with Gasteiger partial charge in [-0.15, -0.1) is 13.2 Å². The summed E-state index contributed by atoms with van der Waals surface area (Å²) in [6.07, 6.45) is -4.11. The first-order valence-corrected chi connectivity index (χ1v) is 9.42. The van der Waals surface area contributed by atoms with Gasteiger partial charge in [0.15, 0.2) is 0 Å². The number of nitrogens with two attached hydrogens (primary N) is 1. The maximum Gasteiger partial charge on any atom is 0.573 e. The largest absolute Gasteiger partial charge is 0.573 e. The molecular weight excluding hydrogens is 403 g/mol. The van der Waals surface area contributed by atoms with Gasteiger partial charge in [0.05, 0.1) is 21.2 Å². The number of sulfonamides is 1. The van der Waals surface area contributed by atoms with E-state index in [2.05, 4.69) is 9.46 Å². The van der Waals surface area contributed by atoms with Gasteiger partial charge in [-0.05, 0) is 30.9 Å². The monoisotopic (exact) mass is 417 g/mol. The Morgan fingerprint density at radius 2 is 1.82 bits per heavy atom. The Balaban J connectivity index is 2.15. The van der Waals surface area contributed by atoms with Crippen molar-refractivity contribution < 1.29 is 31.2 Å². The summed E-state index contributed by atoms with van der Waals surface area (Å²) in [4.78, 5) is 10.0. The molecule has 1 fully saturated rings. The number of rotatable bonds is 6. The number of nitrogens with one attached hydrogen (secondary N) is 1. The average Bonchev–Trinajstić information content (AvgIpc) is 3.41. The van der Waals surface area contributed by atoms with Crippen LogP contribution in [0.15, 0.2) is 41.3 Å². The van der Waals surface area contributed by atoms with E-state index in [9.17, 15) is 31.7 Å². The van der Waals surface area contributed by atoms with E-state index in [1.807, 2.05) is 0 Å². The minimum atomic E-state index is -5.20. The van der Waals surface area contributed by atoms with Crippen LogP contribution < -0.4 is 15.2 Å². The second kappa shape index (κ2) is 6.86. The number of halogens is 3. The van der Waals surface area contributed by atoms with Crippen molar-refractivity contribution in [2.45, 2.75) is 30.0 Å². The Labute approximate surface area is 157 Å². The van der Waals surface area contributed by atoms with Crippen molar-refractivity contribution in [3.8, 4) is 5.75 Å². The van der Waals surface area contributed by atoms with Gasteiger partial charge in [-0.3, -0.25) is 14.8 Å². The molecule has 0 unspecified atom stereocenters. The highest BCUT2D eigenvalue weighted by molar-refractivity contribution is 7.92. The van der Waals surface area contributed by atoms with Gasteiger partial charge in [-0.2, -0.15) is 0 Å². The van der Waals surface area contributed by atoms with Crippen LogP contribution in [0.3, 0.4) is 0 Å². The number of anilines is 2. The van der Waals surface area contributed by atoms with E-state index in [4.69, 9.17) is 5.73 Å². The lowest BCUT2D eigenvalue weighted by molar-refractivity contribution is -0.388. The SMILES string of the molecule is Nc1c(OC(F)(F)F)c([N+](=O)[O-])cc(NS(=O)(=O)c2ccccc2)c1C1CC1. The Hall–Kier alpha value is -3.02. The summed E-state index contributed by atoms with van der Waals surface area (Å²) in [5, 5.41) is 11.3. The fraction of sp³-hybridized carbons (Fsp3) is 0.250. The predicted octanol–water partition coefficient (Wildman–Crippen LogP) is 3.75. The van der Waals surface area contributed by atoms with Gasteiger partial charge >= 0.3 is 12.0 Å². The van der Waals surface area contributed by atoms with Crippen LogP contribution in [-0.4, -0.2) is 19.7 Å². The van der Waals surface area contributed by atoms with E-state index in [1.165, 1.54) is 24.3 Å². The molecule has 0 heterocycles. The highest BCUT2D eigenvalue weighted by Gasteiger charge is 2.40. The normalized spacial score (nSPS) is 14.5. The van der Waals surface area contributed by atoms with Crippen molar-refractivity contribution in [2.75, 3.05) is 10.5 Å². The van der Waals surface area contributed by atoms with Gasteiger partial charge in [-0.1, -0.05) is 18.2 Å². The lowest BCUT2D eigenvalue weighted by Gasteiger charge is -2.18. The predicted molar refractivity (Wildman–Crippen MR) is 93.4 cm³/mol. The fourth-order valence-electron chi connectivity index (χ4n) is 2.74. The van der Waals surface area contributed by atoms with E-state index in [0.29, 0.717) is 18.9 Å². The van der Waals surface area contributed by atoms with E-state index < -0.39 is 38.4 Å². The smallest absolute Gasteiger partial charge is 0.396 e. The second-order valence-electron chi connectivity index (χ2n) is 6.10. The Morgan fingerprint density at radius 3 is 2.32 bits per heavy atom. The quantitative estimate of drug-likeness (QED) is 0.419. The van der Waals surface area contributed by atoms with Gasteiger partial charge in [0, 0.05) is 11.6 Å². The molecule has 2 aromatic rings. The average molecular weight is 417 g/mol.